The summed E-state index contributed by atoms with van der Waals surface area (Å²) in [4.78, 5) is 12.7. The smallest absolute Gasteiger partial charge is 0.234 e. The molecule has 0 saturated heterocycles. The number of nitrogens with zero attached hydrogens (tertiary/aromatic N) is 3. The van der Waals surface area contributed by atoms with Crippen LogP contribution in [0.4, 0.5) is 5.69 Å². The summed E-state index contributed by atoms with van der Waals surface area (Å²) in [6.45, 7) is 6.96. The van der Waals surface area contributed by atoms with E-state index in [9.17, 15) is 4.79 Å². The maximum Gasteiger partial charge on any atom is 0.234 e. The van der Waals surface area contributed by atoms with E-state index in [1.165, 1.54) is 11.8 Å². The summed E-state index contributed by atoms with van der Waals surface area (Å²) in [7, 11) is 0. The van der Waals surface area contributed by atoms with E-state index in [0.717, 1.165) is 33.6 Å². The van der Waals surface area contributed by atoms with Gasteiger partial charge in [-0.05, 0) is 42.6 Å². The van der Waals surface area contributed by atoms with Crippen molar-refractivity contribution in [2.24, 2.45) is 0 Å². The molecule has 0 aliphatic carbocycles. The van der Waals surface area contributed by atoms with Crippen LogP contribution in [0.2, 0.25) is 0 Å². The van der Waals surface area contributed by atoms with E-state index >= 15 is 0 Å². The van der Waals surface area contributed by atoms with Gasteiger partial charge in [-0.25, -0.2) is 0 Å². The highest BCUT2D eigenvalue weighted by Crippen LogP contribution is 2.27. The predicted molar refractivity (Wildman–Crippen MR) is 130 cm³/mol. The van der Waals surface area contributed by atoms with E-state index in [-0.39, 0.29) is 11.7 Å². The minimum Gasteiger partial charge on any atom is -0.494 e. The maximum absolute atomic E-state index is 12.7. The van der Waals surface area contributed by atoms with Crippen molar-refractivity contribution in [3.63, 3.8) is 0 Å². The molecule has 0 atom stereocenters. The largest absolute Gasteiger partial charge is 0.494 e. The first-order valence-corrected chi connectivity index (χ1v) is 11.4. The quantitative estimate of drug-likeness (QED) is 0.276. The Balaban J connectivity index is 1.48. The molecule has 1 amide bonds. The topological polar surface area (TPSA) is 69.0 Å². The molecule has 0 fully saturated rings. The standard InChI is InChI=1S/C25H24N4O2S/c1-3-16-29-24(19-12-14-20(15-13-19)31-4-2)27-28-25(29)32-17-23(30)26-22-11-7-9-18-8-5-6-10-21(18)22/h3,5-15H,1,4,16-17H2,2H3,(H,26,30). The van der Waals surface area contributed by atoms with Gasteiger partial charge in [0.05, 0.1) is 12.4 Å². The fourth-order valence-electron chi connectivity index (χ4n) is 3.42. The third-order valence-electron chi connectivity index (χ3n) is 4.85. The van der Waals surface area contributed by atoms with Gasteiger partial charge in [0.2, 0.25) is 5.91 Å². The Morgan fingerprint density at radius 3 is 2.66 bits per heavy atom. The van der Waals surface area contributed by atoms with Gasteiger partial charge >= 0.3 is 0 Å². The molecule has 0 spiro atoms. The molecule has 6 nitrogen and oxygen atoms in total. The Bertz CT molecular complexity index is 1230. The number of hydrogen-bond acceptors (Lipinski definition) is 5. The van der Waals surface area contributed by atoms with Gasteiger partial charge in [0.25, 0.3) is 0 Å². The van der Waals surface area contributed by atoms with Crippen LogP contribution in [-0.4, -0.2) is 33.0 Å². The lowest BCUT2D eigenvalue weighted by molar-refractivity contribution is -0.113. The first kappa shape index (κ1) is 21.6. The van der Waals surface area contributed by atoms with Crippen LogP contribution >= 0.6 is 11.8 Å². The number of carbonyl (C=O) groups excluding carboxylic acids is 1. The molecule has 162 valence electrons. The summed E-state index contributed by atoms with van der Waals surface area (Å²) in [5.41, 5.74) is 1.73. The molecule has 0 radical (unpaired) electrons. The fraction of sp³-hybridized carbons (Fsp3) is 0.160. The lowest BCUT2D eigenvalue weighted by atomic mass is 10.1. The Hall–Kier alpha value is -3.58. The van der Waals surface area contributed by atoms with Crippen LogP contribution in [0.15, 0.2) is 84.5 Å². The maximum atomic E-state index is 12.7. The molecule has 0 aliphatic rings. The monoisotopic (exact) mass is 444 g/mol. The second-order valence-electron chi connectivity index (χ2n) is 7.03. The predicted octanol–water partition coefficient (Wildman–Crippen LogP) is 5.41. The molecule has 32 heavy (non-hydrogen) atoms. The first-order chi connectivity index (χ1) is 15.7. The molecular formula is C25H24N4O2S. The Labute approximate surface area is 191 Å². The second kappa shape index (κ2) is 10.2. The Morgan fingerprint density at radius 2 is 1.88 bits per heavy atom. The number of benzene rings is 3. The van der Waals surface area contributed by atoms with Gasteiger partial charge in [0.1, 0.15) is 5.75 Å². The van der Waals surface area contributed by atoms with E-state index in [1.807, 2.05) is 78.2 Å². The van der Waals surface area contributed by atoms with Gasteiger partial charge in [-0.1, -0.05) is 54.2 Å². The van der Waals surface area contributed by atoms with Crippen molar-refractivity contribution in [1.82, 2.24) is 14.8 Å². The van der Waals surface area contributed by atoms with Crippen molar-refractivity contribution >= 4 is 34.1 Å². The van der Waals surface area contributed by atoms with Gasteiger partial charge in [-0.15, -0.1) is 16.8 Å². The third-order valence-corrected chi connectivity index (χ3v) is 5.81. The van der Waals surface area contributed by atoms with Crippen LogP contribution < -0.4 is 10.1 Å². The number of hydrogen-bond donors (Lipinski definition) is 1. The SMILES string of the molecule is C=CCn1c(SCC(=O)Nc2cccc3ccccc23)nnc1-c1ccc(OCC)cc1. The zero-order chi connectivity index (χ0) is 22.3. The normalized spacial score (nSPS) is 10.8. The van der Waals surface area contributed by atoms with Gasteiger partial charge in [-0.3, -0.25) is 9.36 Å². The second-order valence-corrected chi connectivity index (χ2v) is 7.97. The number of anilines is 1. The van der Waals surface area contributed by atoms with E-state index in [1.54, 1.807) is 6.08 Å². The highest BCUT2D eigenvalue weighted by Gasteiger charge is 2.15. The van der Waals surface area contributed by atoms with Gasteiger partial charge < -0.3 is 10.1 Å². The summed E-state index contributed by atoms with van der Waals surface area (Å²) in [6, 6.07) is 21.6. The molecule has 7 heteroatoms. The highest BCUT2D eigenvalue weighted by molar-refractivity contribution is 7.99. The van der Waals surface area contributed by atoms with Crippen molar-refractivity contribution in [2.75, 3.05) is 17.7 Å². The van der Waals surface area contributed by atoms with Crippen LogP contribution in [0.5, 0.6) is 5.75 Å². The van der Waals surface area contributed by atoms with E-state index < -0.39 is 0 Å². The molecule has 4 aromatic rings. The van der Waals surface area contributed by atoms with Crippen molar-refractivity contribution in [2.45, 2.75) is 18.6 Å². The molecule has 0 unspecified atom stereocenters. The van der Waals surface area contributed by atoms with Gasteiger partial charge in [-0.2, -0.15) is 0 Å². The lowest BCUT2D eigenvalue weighted by Gasteiger charge is -2.10. The number of fused-ring (bicyclic) bond motifs is 1. The first-order valence-electron chi connectivity index (χ1n) is 10.4. The van der Waals surface area contributed by atoms with Crippen molar-refractivity contribution in [1.29, 1.82) is 0 Å². The molecule has 4 rings (SSSR count). The Morgan fingerprint density at radius 1 is 1.09 bits per heavy atom. The number of ether oxygens (including phenoxy) is 1. The molecular weight excluding hydrogens is 420 g/mol. The fourth-order valence-corrected chi connectivity index (χ4v) is 4.17. The van der Waals surface area contributed by atoms with Crippen LogP contribution in [0.3, 0.4) is 0 Å². The van der Waals surface area contributed by atoms with Gasteiger partial charge in [0, 0.05) is 23.2 Å². The van der Waals surface area contributed by atoms with E-state index in [4.69, 9.17) is 4.74 Å². The highest BCUT2D eigenvalue weighted by atomic mass is 32.2. The molecule has 1 heterocycles. The summed E-state index contributed by atoms with van der Waals surface area (Å²) in [5, 5.41) is 14.5. The average Bonchev–Trinajstić information content (AvgIpc) is 3.21. The van der Waals surface area contributed by atoms with Crippen LogP contribution in [0, 0.1) is 0 Å². The number of thioether (sulfide) groups is 1. The van der Waals surface area contributed by atoms with Crippen molar-refractivity contribution < 1.29 is 9.53 Å². The van der Waals surface area contributed by atoms with Gasteiger partial charge in [0.15, 0.2) is 11.0 Å². The molecule has 1 aromatic heterocycles. The Kier molecular flexibility index (Phi) is 6.87. The lowest BCUT2D eigenvalue weighted by Crippen LogP contribution is -2.15. The third kappa shape index (κ3) is 4.84. The van der Waals surface area contributed by atoms with Crippen molar-refractivity contribution in [3.05, 3.63) is 79.4 Å². The van der Waals surface area contributed by atoms with Crippen LogP contribution in [0.1, 0.15) is 6.92 Å². The number of carbonyl (C=O) groups is 1. The van der Waals surface area contributed by atoms with Crippen LogP contribution in [0.25, 0.3) is 22.2 Å². The summed E-state index contributed by atoms with van der Waals surface area (Å²) in [5.74, 6) is 1.67. The molecule has 0 saturated carbocycles. The number of aromatic nitrogens is 3. The zero-order valence-corrected chi connectivity index (χ0v) is 18.6. The van der Waals surface area contributed by atoms with E-state index in [2.05, 4.69) is 22.1 Å². The summed E-state index contributed by atoms with van der Waals surface area (Å²) >= 11 is 1.35. The number of nitrogens with one attached hydrogen (secondary N) is 1. The zero-order valence-electron chi connectivity index (χ0n) is 17.8. The molecule has 0 bridgehead atoms. The molecule has 3 aromatic carbocycles. The average molecular weight is 445 g/mol. The minimum atomic E-state index is -0.0953. The van der Waals surface area contributed by atoms with Crippen LogP contribution in [-0.2, 0) is 11.3 Å². The molecule has 0 aliphatic heterocycles. The summed E-state index contributed by atoms with van der Waals surface area (Å²) < 4.78 is 7.47. The minimum absolute atomic E-state index is 0.0953. The number of rotatable bonds is 9. The number of allylic oxidation sites excluding steroid dienone is 1. The molecule has 1 N–H and O–H groups in total. The number of amides is 1. The van der Waals surface area contributed by atoms with Crippen molar-refractivity contribution in [3.8, 4) is 17.1 Å². The summed E-state index contributed by atoms with van der Waals surface area (Å²) in [6.07, 6.45) is 1.79. The van der Waals surface area contributed by atoms with E-state index in [0.29, 0.717) is 18.3 Å².